The van der Waals surface area contributed by atoms with Gasteiger partial charge in [-0.15, -0.1) is 16.4 Å². The molecule has 34 heavy (non-hydrogen) atoms. The van der Waals surface area contributed by atoms with Crippen molar-refractivity contribution in [2.75, 3.05) is 4.90 Å². The highest BCUT2D eigenvalue weighted by Crippen LogP contribution is 2.33. The number of thiophene rings is 1. The largest absolute Gasteiger partial charge is 0.349 e. The SMILES string of the molecule is CCC(C)(C)NC(=O)[C@@H](c1cccs1)N(C(=O)Cn1nnc2ccccc21)c1ccccc1C. The smallest absolute Gasteiger partial charge is 0.249 e. The van der Waals surface area contributed by atoms with E-state index in [0.717, 1.165) is 27.9 Å². The Morgan fingerprint density at radius 1 is 1.09 bits per heavy atom. The average Bonchev–Trinajstić information content (AvgIpc) is 3.48. The van der Waals surface area contributed by atoms with Crippen LogP contribution in [0.4, 0.5) is 5.69 Å². The monoisotopic (exact) mass is 475 g/mol. The zero-order valence-electron chi connectivity index (χ0n) is 19.9. The average molecular weight is 476 g/mol. The summed E-state index contributed by atoms with van der Waals surface area (Å²) in [5.74, 6) is -0.456. The van der Waals surface area contributed by atoms with E-state index in [-0.39, 0.29) is 18.4 Å². The first kappa shape index (κ1) is 23.6. The number of nitrogens with one attached hydrogen (secondary N) is 1. The van der Waals surface area contributed by atoms with E-state index in [9.17, 15) is 9.59 Å². The van der Waals surface area contributed by atoms with E-state index in [4.69, 9.17) is 0 Å². The quantitative estimate of drug-likeness (QED) is 0.394. The zero-order chi connectivity index (χ0) is 24.3. The molecule has 0 aliphatic rings. The molecule has 2 heterocycles. The lowest BCUT2D eigenvalue weighted by atomic mass is 10.0. The molecule has 0 aliphatic heterocycles. The van der Waals surface area contributed by atoms with Crippen molar-refractivity contribution < 1.29 is 9.59 Å². The van der Waals surface area contributed by atoms with Gasteiger partial charge in [-0.3, -0.25) is 14.5 Å². The predicted molar refractivity (Wildman–Crippen MR) is 136 cm³/mol. The molecule has 0 saturated heterocycles. The van der Waals surface area contributed by atoms with Gasteiger partial charge < -0.3 is 5.32 Å². The molecule has 0 spiro atoms. The number of amides is 2. The number of aromatic nitrogens is 3. The fourth-order valence-corrected chi connectivity index (χ4v) is 4.61. The first-order chi connectivity index (χ1) is 16.3. The van der Waals surface area contributed by atoms with Crippen LogP contribution in [0.5, 0.6) is 0 Å². The van der Waals surface area contributed by atoms with Gasteiger partial charge in [0.2, 0.25) is 11.8 Å². The van der Waals surface area contributed by atoms with Crippen LogP contribution in [0.1, 0.15) is 43.7 Å². The lowest BCUT2D eigenvalue weighted by Gasteiger charge is -2.34. The molecule has 1 N–H and O–H groups in total. The van der Waals surface area contributed by atoms with Crippen LogP contribution in [0.2, 0.25) is 0 Å². The Kier molecular flexibility index (Phi) is 6.79. The number of fused-ring (bicyclic) bond motifs is 1. The molecule has 0 saturated carbocycles. The van der Waals surface area contributed by atoms with Crippen LogP contribution in [-0.4, -0.2) is 32.3 Å². The second-order valence-electron chi connectivity index (χ2n) is 8.93. The molecular formula is C26H29N5O2S. The van der Waals surface area contributed by atoms with E-state index in [2.05, 4.69) is 15.6 Å². The molecule has 7 nitrogen and oxygen atoms in total. The fourth-order valence-electron chi connectivity index (χ4n) is 3.80. The van der Waals surface area contributed by atoms with E-state index < -0.39 is 11.6 Å². The Morgan fingerprint density at radius 2 is 1.82 bits per heavy atom. The molecule has 4 rings (SSSR count). The lowest BCUT2D eigenvalue weighted by molar-refractivity contribution is -0.128. The molecule has 8 heteroatoms. The minimum absolute atomic E-state index is 0.0405. The van der Waals surface area contributed by atoms with Crippen molar-refractivity contribution in [3.05, 3.63) is 76.5 Å². The molecular weight excluding hydrogens is 446 g/mol. The summed E-state index contributed by atoms with van der Waals surface area (Å²) in [5, 5.41) is 13.4. The van der Waals surface area contributed by atoms with Gasteiger partial charge in [-0.05, 0) is 62.4 Å². The van der Waals surface area contributed by atoms with Crippen LogP contribution in [0.3, 0.4) is 0 Å². The number of carbonyl (C=O) groups excluding carboxylic acids is 2. The number of carbonyl (C=O) groups is 2. The van der Waals surface area contributed by atoms with E-state index in [0.29, 0.717) is 5.69 Å². The van der Waals surface area contributed by atoms with E-state index in [1.54, 1.807) is 9.58 Å². The first-order valence-electron chi connectivity index (χ1n) is 11.3. The van der Waals surface area contributed by atoms with Gasteiger partial charge in [0.05, 0.1) is 5.52 Å². The summed E-state index contributed by atoms with van der Waals surface area (Å²) < 4.78 is 1.59. The Hall–Kier alpha value is -3.52. The van der Waals surface area contributed by atoms with Crippen molar-refractivity contribution in [1.29, 1.82) is 0 Å². The fraction of sp³-hybridized carbons (Fsp3) is 0.308. The van der Waals surface area contributed by atoms with Crippen molar-refractivity contribution in [3.63, 3.8) is 0 Å². The molecule has 176 valence electrons. The van der Waals surface area contributed by atoms with Crippen molar-refractivity contribution in [2.45, 2.75) is 52.2 Å². The summed E-state index contributed by atoms with van der Waals surface area (Å²) in [5.41, 5.74) is 2.68. The molecule has 0 bridgehead atoms. The third-order valence-electron chi connectivity index (χ3n) is 6.01. The Labute approximate surface area is 203 Å². The predicted octanol–water partition coefficient (Wildman–Crippen LogP) is 4.88. The van der Waals surface area contributed by atoms with Gasteiger partial charge >= 0.3 is 0 Å². The Balaban J connectivity index is 1.79. The number of hydrogen-bond donors (Lipinski definition) is 1. The summed E-state index contributed by atoms with van der Waals surface area (Å²) in [6, 6.07) is 18.1. The topological polar surface area (TPSA) is 80.1 Å². The number of rotatable bonds is 8. The highest BCUT2D eigenvalue weighted by Gasteiger charge is 2.36. The van der Waals surface area contributed by atoms with Gasteiger partial charge in [0.1, 0.15) is 18.1 Å². The maximum Gasteiger partial charge on any atom is 0.249 e. The molecule has 0 fully saturated rings. The molecule has 1 atom stereocenters. The number of hydrogen-bond acceptors (Lipinski definition) is 5. The molecule has 2 aromatic heterocycles. The van der Waals surface area contributed by atoms with Crippen LogP contribution in [-0.2, 0) is 16.1 Å². The van der Waals surface area contributed by atoms with E-state index in [1.807, 2.05) is 93.7 Å². The Morgan fingerprint density at radius 3 is 2.53 bits per heavy atom. The maximum absolute atomic E-state index is 13.9. The molecule has 0 aliphatic carbocycles. The lowest BCUT2D eigenvalue weighted by Crippen LogP contribution is -2.51. The maximum atomic E-state index is 13.9. The summed E-state index contributed by atoms with van der Waals surface area (Å²) >= 11 is 1.46. The van der Waals surface area contributed by atoms with E-state index >= 15 is 0 Å². The van der Waals surface area contributed by atoms with Gasteiger partial charge in [-0.25, -0.2) is 4.68 Å². The van der Waals surface area contributed by atoms with Gasteiger partial charge in [0.15, 0.2) is 0 Å². The highest BCUT2D eigenvalue weighted by atomic mass is 32.1. The summed E-state index contributed by atoms with van der Waals surface area (Å²) in [4.78, 5) is 30.1. The van der Waals surface area contributed by atoms with E-state index in [1.165, 1.54) is 11.3 Å². The zero-order valence-corrected chi connectivity index (χ0v) is 20.7. The van der Waals surface area contributed by atoms with Crippen LogP contribution in [0, 0.1) is 6.92 Å². The normalized spacial score (nSPS) is 12.5. The van der Waals surface area contributed by atoms with Gasteiger partial charge in [-0.1, -0.05) is 48.5 Å². The van der Waals surface area contributed by atoms with Gasteiger partial charge in [0, 0.05) is 16.1 Å². The molecule has 2 aromatic carbocycles. The molecule has 2 amide bonds. The minimum atomic E-state index is -0.811. The van der Waals surface area contributed by atoms with Crippen LogP contribution >= 0.6 is 11.3 Å². The number of para-hydroxylation sites is 2. The van der Waals surface area contributed by atoms with Crippen molar-refractivity contribution in [1.82, 2.24) is 20.3 Å². The third kappa shape index (κ3) is 4.87. The second kappa shape index (κ2) is 9.77. The van der Waals surface area contributed by atoms with Crippen LogP contribution in [0.15, 0.2) is 66.0 Å². The number of nitrogens with zero attached hydrogens (tertiary/aromatic N) is 4. The minimum Gasteiger partial charge on any atom is -0.349 e. The van der Waals surface area contributed by atoms with Crippen molar-refractivity contribution in [3.8, 4) is 0 Å². The van der Waals surface area contributed by atoms with Crippen molar-refractivity contribution in [2.24, 2.45) is 0 Å². The highest BCUT2D eigenvalue weighted by molar-refractivity contribution is 7.10. The standard InChI is InChI=1S/C26H29N5O2S/c1-5-26(3,4)27-25(33)24(22-15-10-16-34-22)31(20-13-8-6-11-18(20)2)23(32)17-30-21-14-9-7-12-19(21)28-29-30/h6-16,24H,5,17H2,1-4H3,(H,27,33)/t24-/m1/s1. The van der Waals surface area contributed by atoms with Crippen LogP contribution in [0.25, 0.3) is 11.0 Å². The Bertz CT molecular complexity index is 1300. The third-order valence-corrected chi connectivity index (χ3v) is 6.94. The summed E-state index contributed by atoms with van der Waals surface area (Å²) in [6.45, 7) is 7.90. The van der Waals surface area contributed by atoms with Crippen molar-refractivity contribution >= 4 is 39.9 Å². The second-order valence-corrected chi connectivity index (χ2v) is 9.91. The van der Waals surface area contributed by atoms with Gasteiger partial charge in [-0.2, -0.15) is 0 Å². The number of benzene rings is 2. The molecule has 0 radical (unpaired) electrons. The molecule has 4 aromatic rings. The number of anilines is 1. The summed E-state index contributed by atoms with van der Waals surface area (Å²) in [7, 11) is 0. The van der Waals surface area contributed by atoms with Gasteiger partial charge in [0.25, 0.3) is 0 Å². The van der Waals surface area contributed by atoms with Crippen LogP contribution < -0.4 is 10.2 Å². The summed E-state index contributed by atoms with van der Waals surface area (Å²) in [6.07, 6.45) is 0.763. The number of aryl methyl sites for hydroxylation is 1. The molecule has 0 unspecified atom stereocenters. The first-order valence-corrected chi connectivity index (χ1v) is 12.2.